The molecule has 0 unspecified atom stereocenters. The molecule has 1 amide bonds. The van der Waals surface area contributed by atoms with Crippen LogP contribution < -0.4 is 5.32 Å². The number of methoxy groups -OCH3 is 1. The fraction of sp³-hybridized carbons (Fsp3) is 0.290. The number of benzene rings is 3. The second-order valence-electron chi connectivity index (χ2n) is 9.34. The van der Waals surface area contributed by atoms with Gasteiger partial charge in [-0.25, -0.2) is 9.78 Å². The molecule has 0 saturated heterocycles. The zero-order chi connectivity index (χ0) is 26.0. The van der Waals surface area contributed by atoms with Crippen LogP contribution in [0.3, 0.4) is 0 Å². The molecule has 3 aromatic carbocycles. The van der Waals surface area contributed by atoms with Crippen molar-refractivity contribution in [1.29, 1.82) is 0 Å². The van der Waals surface area contributed by atoms with Crippen molar-refractivity contribution in [2.45, 2.75) is 52.9 Å². The largest absolute Gasteiger partial charge is 0.453 e. The molecule has 4 rings (SSSR count). The smallest absolute Gasteiger partial charge is 0.411 e. The first kappa shape index (κ1) is 26.2. The summed E-state index contributed by atoms with van der Waals surface area (Å²) in [5.74, 6) is 1.03. The number of rotatable bonds is 11. The molecule has 0 radical (unpaired) electrons. The Morgan fingerprint density at radius 3 is 2.32 bits per heavy atom. The molecule has 192 valence electrons. The zero-order valence-electron chi connectivity index (χ0n) is 22.0. The summed E-state index contributed by atoms with van der Waals surface area (Å²) in [6, 6.07) is 27.1. The Morgan fingerprint density at radius 1 is 0.946 bits per heavy atom. The fourth-order valence-electron chi connectivity index (χ4n) is 4.54. The van der Waals surface area contributed by atoms with E-state index in [1.165, 1.54) is 23.9 Å². The number of aryl methyl sites for hydroxylation is 1. The highest BCUT2D eigenvalue weighted by molar-refractivity contribution is 5.85. The lowest BCUT2D eigenvalue weighted by Crippen LogP contribution is -2.24. The molecule has 0 spiro atoms. The minimum atomic E-state index is -0.462. The van der Waals surface area contributed by atoms with Crippen LogP contribution in [0, 0.1) is 6.92 Å². The maximum absolute atomic E-state index is 11.7. The molecule has 37 heavy (non-hydrogen) atoms. The van der Waals surface area contributed by atoms with Crippen molar-refractivity contribution < 1.29 is 9.53 Å². The number of nitrogens with one attached hydrogen (secondary N) is 1. The lowest BCUT2D eigenvalue weighted by molar-refractivity contribution is 0.187. The van der Waals surface area contributed by atoms with Gasteiger partial charge in [-0.2, -0.15) is 0 Å². The molecule has 6 heteroatoms. The molecule has 1 heterocycles. The number of anilines is 1. The topological polar surface area (TPSA) is 59.4 Å². The summed E-state index contributed by atoms with van der Waals surface area (Å²) in [5.41, 5.74) is 6.57. The third-order valence-corrected chi connectivity index (χ3v) is 6.46. The lowest BCUT2D eigenvalue weighted by atomic mass is 10.1. The van der Waals surface area contributed by atoms with Crippen LogP contribution in [0.15, 0.2) is 85.1 Å². The summed E-state index contributed by atoms with van der Waals surface area (Å²) in [5, 5.41) is 2.78. The van der Waals surface area contributed by atoms with E-state index in [1.54, 1.807) is 0 Å². The Morgan fingerprint density at radius 2 is 1.65 bits per heavy atom. The third kappa shape index (κ3) is 7.08. The number of hydrogen-bond acceptors (Lipinski definition) is 4. The molecule has 0 aliphatic rings. The van der Waals surface area contributed by atoms with Gasteiger partial charge in [0.15, 0.2) is 0 Å². The molecule has 4 aromatic rings. The van der Waals surface area contributed by atoms with Crippen molar-refractivity contribution in [3.8, 4) is 11.4 Å². The summed E-state index contributed by atoms with van der Waals surface area (Å²) < 4.78 is 7.12. The van der Waals surface area contributed by atoms with Gasteiger partial charge in [0.25, 0.3) is 0 Å². The maximum Gasteiger partial charge on any atom is 0.411 e. The molecule has 1 N–H and O–H groups in total. The van der Waals surface area contributed by atoms with Crippen LogP contribution in [-0.4, -0.2) is 27.7 Å². The van der Waals surface area contributed by atoms with Gasteiger partial charge in [0.2, 0.25) is 0 Å². The lowest BCUT2D eigenvalue weighted by Gasteiger charge is -2.24. The molecule has 6 nitrogen and oxygen atoms in total. The number of imidazole rings is 1. The Labute approximate surface area is 219 Å². The molecule has 1 aromatic heterocycles. The number of ether oxygens (including phenoxy) is 1. The van der Waals surface area contributed by atoms with Gasteiger partial charge in [0.1, 0.15) is 5.82 Å². The number of carbonyl (C=O) groups is 1. The van der Waals surface area contributed by atoms with E-state index in [0.717, 1.165) is 61.7 Å². The number of unbranched alkanes of at least 4 members (excludes halogenated alkanes) is 1. The quantitative estimate of drug-likeness (QED) is 0.242. The van der Waals surface area contributed by atoms with Gasteiger partial charge in [-0.3, -0.25) is 10.2 Å². The van der Waals surface area contributed by atoms with Gasteiger partial charge in [0, 0.05) is 37.4 Å². The van der Waals surface area contributed by atoms with Crippen LogP contribution >= 0.6 is 0 Å². The van der Waals surface area contributed by atoms with Crippen molar-refractivity contribution in [2.75, 3.05) is 12.4 Å². The molecule has 0 fully saturated rings. The van der Waals surface area contributed by atoms with E-state index in [-0.39, 0.29) is 0 Å². The van der Waals surface area contributed by atoms with E-state index in [1.807, 2.05) is 25.3 Å². The van der Waals surface area contributed by atoms with Gasteiger partial charge in [-0.15, -0.1) is 0 Å². The van der Waals surface area contributed by atoms with Crippen LogP contribution in [0.5, 0.6) is 0 Å². The zero-order valence-corrected chi connectivity index (χ0v) is 22.0. The first-order valence-corrected chi connectivity index (χ1v) is 12.9. The Bertz CT molecular complexity index is 1290. The van der Waals surface area contributed by atoms with Gasteiger partial charge in [-0.05, 0) is 36.1 Å². The van der Waals surface area contributed by atoms with Crippen LogP contribution in [0.2, 0.25) is 0 Å². The maximum atomic E-state index is 11.7. The predicted molar refractivity (Wildman–Crippen MR) is 149 cm³/mol. The minimum absolute atomic E-state index is 0.462. The van der Waals surface area contributed by atoms with E-state index >= 15 is 0 Å². The highest BCUT2D eigenvalue weighted by atomic mass is 16.5. The van der Waals surface area contributed by atoms with Crippen LogP contribution in [0.4, 0.5) is 10.5 Å². The van der Waals surface area contributed by atoms with Crippen LogP contribution in [-0.2, 0) is 30.9 Å². The summed E-state index contributed by atoms with van der Waals surface area (Å²) in [4.78, 5) is 19.0. The third-order valence-electron chi connectivity index (χ3n) is 6.46. The normalized spacial score (nSPS) is 11.0. The summed E-state index contributed by atoms with van der Waals surface area (Å²) in [6.07, 6.45) is 3.81. The summed E-state index contributed by atoms with van der Waals surface area (Å²) in [7, 11) is 1.37. The Hall–Kier alpha value is -3.90. The molecule has 0 bridgehead atoms. The molecule has 0 saturated carbocycles. The standard InChI is InChI=1S/C31H36N4O2/c1-4-5-18-35-28(20-32-30(35)27-14-10-7-11-15-27)23-34(21-25-12-8-6-9-13-25)22-26-16-17-29(24(2)19-26)33-31(36)37-3/h6-17,19-20H,4-5,18,21-23H2,1-3H3,(H,33,36). The number of hydrogen-bond donors (Lipinski definition) is 1. The molecule has 0 aliphatic heterocycles. The van der Waals surface area contributed by atoms with Gasteiger partial charge >= 0.3 is 6.09 Å². The Balaban J connectivity index is 1.61. The average Bonchev–Trinajstić information content (AvgIpc) is 3.32. The Kier molecular flexibility index (Phi) is 9.11. The van der Waals surface area contributed by atoms with E-state index < -0.39 is 6.09 Å². The van der Waals surface area contributed by atoms with Gasteiger partial charge in [-0.1, -0.05) is 86.1 Å². The van der Waals surface area contributed by atoms with Gasteiger partial charge in [0.05, 0.1) is 19.0 Å². The minimum Gasteiger partial charge on any atom is -0.453 e. The van der Waals surface area contributed by atoms with E-state index in [0.29, 0.717) is 0 Å². The van der Waals surface area contributed by atoms with Crippen molar-refractivity contribution in [3.63, 3.8) is 0 Å². The molecule has 0 atom stereocenters. The average molecular weight is 497 g/mol. The van der Waals surface area contributed by atoms with E-state index in [2.05, 4.69) is 88.4 Å². The van der Waals surface area contributed by atoms with Gasteiger partial charge < -0.3 is 9.30 Å². The predicted octanol–water partition coefficient (Wildman–Crippen LogP) is 7.04. The second kappa shape index (κ2) is 12.9. The monoisotopic (exact) mass is 496 g/mol. The van der Waals surface area contributed by atoms with E-state index in [4.69, 9.17) is 9.72 Å². The number of carbonyl (C=O) groups excluding carboxylic acids is 1. The second-order valence-corrected chi connectivity index (χ2v) is 9.34. The van der Waals surface area contributed by atoms with Crippen LogP contribution in [0.25, 0.3) is 11.4 Å². The number of aromatic nitrogens is 2. The van der Waals surface area contributed by atoms with Crippen molar-refractivity contribution in [3.05, 3.63) is 107 Å². The molecule has 0 aliphatic carbocycles. The van der Waals surface area contributed by atoms with Crippen molar-refractivity contribution in [2.24, 2.45) is 0 Å². The first-order chi connectivity index (χ1) is 18.1. The first-order valence-electron chi connectivity index (χ1n) is 12.9. The fourth-order valence-corrected chi connectivity index (χ4v) is 4.54. The van der Waals surface area contributed by atoms with Crippen LogP contribution in [0.1, 0.15) is 42.1 Å². The summed E-state index contributed by atoms with van der Waals surface area (Å²) >= 11 is 0. The van der Waals surface area contributed by atoms with Crippen molar-refractivity contribution >= 4 is 11.8 Å². The SMILES string of the molecule is CCCCn1c(CN(Cc2ccccc2)Cc2ccc(NC(=O)OC)c(C)c2)cnc1-c1ccccc1. The highest BCUT2D eigenvalue weighted by Gasteiger charge is 2.16. The summed E-state index contributed by atoms with van der Waals surface area (Å²) in [6.45, 7) is 7.54. The van der Waals surface area contributed by atoms with E-state index in [9.17, 15) is 4.79 Å². The number of amides is 1. The van der Waals surface area contributed by atoms with Crippen molar-refractivity contribution in [1.82, 2.24) is 14.5 Å². The highest BCUT2D eigenvalue weighted by Crippen LogP contribution is 2.24. The molecular weight excluding hydrogens is 460 g/mol. The molecular formula is C31H36N4O2. The number of nitrogens with zero attached hydrogens (tertiary/aromatic N) is 3.